The molecule has 0 N–H and O–H groups in total. The van der Waals surface area contributed by atoms with E-state index >= 15 is 0 Å². The molecule has 2 rings (SSSR count). The van der Waals surface area contributed by atoms with Crippen LogP contribution in [0.4, 0.5) is 0 Å². The van der Waals surface area contributed by atoms with Gasteiger partial charge in [-0.25, -0.2) is 0 Å². The highest BCUT2D eigenvalue weighted by Gasteiger charge is 2.06. The van der Waals surface area contributed by atoms with Gasteiger partial charge in [-0.3, -0.25) is 9.67 Å². The maximum atomic E-state index is 4.28. The lowest BCUT2D eigenvalue weighted by atomic mass is 10.4. The third-order valence-corrected chi connectivity index (χ3v) is 2.30. The summed E-state index contributed by atoms with van der Waals surface area (Å²) in [6.07, 6.45) is 1.77. The van der Waals surface area contributed by atoms with Crippen LogP contribution in [0.5, 0.6) is 0 Å². The molecule has 0 aliphatic heterocycles. The molecular formula is C8H8BrN3. The molecule has 0 aliphatic rings. The molecule has 12 heavy (non-hydrogen) atoms. The first-order valence-corrected chi connectivity index (χ1v) is 4.59. The highest BCUT2D eigenvalue weighted by atomic mass is 79.9. The predicted octanol–water partition coefficient (Wildman–Crippen LogP) is 2.21. The molecule has 0 spiro atoms. The minimum atomic E-state index is 0.819. The van der Waals surface area contributed by atoms with Gasteiger partial charge >= 0.3 is 0 Å². The fourth-order valence-electron chi connectivity index (χ4n) is 1.21. The zero-order valence-corrected chi connectivity index (χ0v) is 8.24. The average Bonchev–Trinajstić information content (AvgIpc) is 2.44. The quantitative estimate of drug-likeness (QED) is 0.746. The van der Waals surface area contributed by atoms with Crippen LogP contribution in [0.1, 0.15) is 6.92 Å². The van der Waals surface area contributed by atoms with Crippen molar-refractivity contribution in [2.75, 3.05) is 0 Å². The highest BCUT2D eigenvalue weighted by Crippen LogP contribution is 2.19. The van der Waals surface area contributed by atoms with Gasteiger partial charge in [0.05, 0.1) is 5.52 Å². The van der Waals surface area contributed by atoms with Crippen molar-refractivity contribution in [1.82, 2.24) is 14.8 Å². The lowest BCUT2D eigenvalue weighted by Crippen LogP contribution is -1.95. The Labute approximate surface area is 78.5 Å². The Balaban J connectivity index is 2.82. The number of hydrogen-bond acceptors (Lipinski definition) is 2. The Morgan fingerprint density at radius 1 is 1.58 bits per heavy atom. The Morgan fingerprint density at radius 3 is 3.17 bits per heavy atom. The molecule has 0 radical (unpaired) electrons. The van der Waals surface area contributed by atoms with E-state index < -0.39 is 0 Å². The number of rotatable bonds is 1. The van der Waals surface area contributed by atoms with Crippen LogP contribution >= 0.6 is 15.9 Å². The summed E-state index contributed by atoms with van der Waals surface area (Å²) in [5, 5.41) is 4.28. The van der Waals surface area contributed by atoms with E-state index in [1.165, 1.54) is 0 Å². The fraction of sp³-hybridized carbons (Fsp3) is 0.250. The summed E-state index contributed by atoms with van der Waals surface area (Å²) in [7, 11) is 0. The van der Waals surface area contributed by atoms with Gasteiger partial charge in [-0.15, -0.1) is 0 Å². The summed E-state index contributed by atoms with van der Waals surface area (Å²) in [6, 6.07) is 3.94. The highest BCUT2D eigenvalue weighted by molar-refractivity contribution is 9.10. The first-order valence-electron chi connectivity index (χ1n) is 3.80. The molecule has 0 amide bonds. The molecule has 0 saturated carbocycles. The van der Waals surface area contributed by atoms with Crippen molar-refractivity contribution in [2.45, 2.75) is 13.5 Å². The third kappa shape index (κ3) is 1.03. The minimum absolute atomic E-state index is 0.819. The Hall–Kier alpha value is -0.900. The van der Waals surface area contributed by atoms with E-state index in [0.29, 0.717) is 0 Å². The number of fused-ring (bicyclic) bond motifs is 1. The number of hydrogen-bond donors (Lipinski definition) is 0. The standard InChI is InChI=1S/C8H8BrN3/c1-2-12-6-4-3-5-10-7(6)8(9)11-12/h3-5H,2H2,1H3. The maximum Gasteiger partial charge on any atom is 0.154 e. The van der Waals surface area contributed by atoms with Gasteiger partial charge in [0.25, 0.3) is 0 Å². The van der Waals surface area contributed by atoms with E-state index in [1.807, 2.05) is 16.8 Å². The molecule has 0 fully saturated rings. The van der Waals surface area contributed by atoms with Crippen molar-refractivity contribution in [2.24, 2.45) is 0 Å². The number of nitrogens with zero attached hydrogens (tertiary/aromatic N) is 3. The molecule has 2 heterocycles. The first kappa shape index (κ1) is 7.73. The van der Waals surface area contributed by atoms with Gasteiger partial charge in [-0.05, 0) is 35.0 Å². The van der Waals surface area contributed by atoms with Crippen LogP contribution in [0.3, 0.4) is 0 Å². The Morgan fingerprint density at radius 2 is 2.42 bits per heavy atom. The van der Waals surface area contributed by atoms with Gasteiger partial charge in [0, 0.05) is 12.7 Å². The van der Waals surface area contributed by atoms with E-state index in [1.54, 1.807) is 6.20 Å². The van der Waals surface area contributed by atoms with Crippen LogP contribution in [-0.2, 0) is 6.54 Å². The van der Waals surface area contributed by atoms with Gasteiger partial charge < -0.3 is 0 Å². The molecule has 0 bridgehead atoms. The second-order valence-electron chi connectivity index (χ2n) is 2.48. The van der Waals surface area contributed by atoms with Gasteiger partial charge in [-0.2, -0.15) is 5.10 Å². The van der Waals surface area contributed by atoms with E-state index in [9.17, 15) is 0 Å². The average molecular weight is 226 g/mol. The molecule has 0 unspecified atom stereocenters. The second-order valence-corrected chi connectivity index (χ2v) is 3.23. The first-order chi connectivity index (χ1) is 5.83. The summed E-state index contributed by atoms with van der Waals surface area (Å²) < 4.78 is 2.74. The number of pyridine rings is 1. The van der Waals surface area contributed by atoms with Crippen LogP contribution in [0.25, 0.3) is 11.0 Å². The van der Waals surface area contributed by atoms with Crippen molar-refractivity contribution in [3.8, 4) is 0 Å². The lowest BCUT2D eigenvalue weighted by Gasteiger charge is -1.94. The largest absolute Gasteiger partial charge is 0.262 e. The summed E-state index contributed by atoms with van der Waals surface area (Å²) in [5.74, 6) is 0. The zero-order valence-electron chi connectivity index (χ0n) is 6.66. The van der Waals surface area contributed by atoms with Crippen molar-refractivity contribution in [3.05, 3.63) is 22.9 Å². The van der Waals surface area contributed by atoms with Crippen molar-refractivity contribution in [1.29, 1.82) is 0 Å². The Kier molecular flexibility index (Phi) is 1.84. The summed E-state index contributed by atoms with van der Waals surface area (Å²) in [5.41, 5.74) is 2.01. The molecule has 3 nitrogen and oxygen atoms in total. The molecule has 0 saturated heterocycles. The fourth-order valence-corrected chi connectivity index (χ4v) is 1.71. The van der Waals surface area contributed by atoms with Crippen LogP contribution < -0.4 is 0 Å². The second kappa shape index (κ2) is 2.86. The number of halogens is 1. The van der Waals surface area contributed by atoms with Crippen LogP contribution in [-0.4, -0.2) is 14.8 Å². The number of aryl methyl sites for hydroxylation is 1. The zero-order chi connectivity index (χ0) is 8.55. The molecule has 0 atom stereocenters. The molecule has 4 heteroatoms. The lowest BCUT2D eigenvalue weighted by molar-refractivity contribution is 0.678. The van der Waals surface area contributed by atoms with Gasteiger partial charge in [0.1, 0.15) is 5.52 Å². The van der Waals surface area contributed by atoms with Crippen molar-refractivity contribution >= 4 is 27.0 Å². The molecule has 2 aromatic heterocycles. The SMILES string of the molecule is CCn1nc(Br)c2ncccc21. The summed E-state index contributed by atoms with van der Waals surface area (Å²) >= 11 is 3.36. The number of aromatic nitrogens is 3. The Bertz CT molecular complexity index is 408. The van der Waals surface area contributed by atoms with E-state index in [4.69, 9.17) is 0 Å². The third-order valence-electron chi connectivity index (χ3n) is 1.77. The molecular weight excluding hydrogens is 218 g/mol. The van der Waals surface area contributed by atoms with Crippen LogP contribution in [0.15, 0.2) is 22.9 Å². The minimum Gasteiger partial charge on any atom is -0.262 e. The van der Waals surface area contributed by atoms with Crippen LogP contribution in [0.2, 0.25) is 0 Å². The van der Waals surface area contributed by atoms with E-state index in [2.05, 4.69) is 32.9 Å². The summed E-state index contributed by atoms with van der Waals surface area (Å²) in [6.45, 7) is 2.93. The molecule has 2 aromatic rings. The smallest absolute Gasteiger partial charge is 0.154 e. The van der Waals surface area contributed by atoms with Crippen LogP contribution in [0, 0.1) is 0 Å². The summed E-state index contributed by atoms with van der Waals surface area (Å²) in [4.78, 5) is 4.22. The van der Waals surface area contributed by atoms with Gasteiger partial charge in [-0.1, -0.05) is 0 Å². The van der Waals surface area contributed by atoms with Crippen molar-refractivity contribution < 1.29 is 0 Å². The van der Waals surface area contributed by atoms with E-state index in [-0.39, 0.29) is 0 Å². The van der Waals surface area contributed by atoms with Gasteiger partial charge in [0.2, 0.25) is 0 Å². The maximum absolute atomic E-state index is 4.28. The van der Waals surface area contributed by atoms with Gasteiger partial charge in [0.15, 0.2) is 4.60 Å². The molecule has 62 valence electrons. The molecule has 0 aliphatic carbocycles. The molecule has 0 aromatic carbocycles. The van der Waals surface area contributed by atoms with E-state index in [0.717, 1.165) is 22.2 Å². The monoisotopic (exact) mass is 225 g/mol. The van der Waals surface area contributed by atoms with Crippen molar-refractivity contribution in [3.63, 3.8) is 0 Å². The normalized spacial score (nSPS) is 10.8. The topological polar surface area (TPSA) is 30.7 Å². The predicted molar refractivity (Wildman–Crippen MR) is 50.9 cm³/mol.